The number of benzene rings is 1. The largest absolute Gasteiger partial charge is 0.486 e. The zero-order valence-corrected chi connectivity index (χ0v) is 16.5. The van der Waals surface area contributed by atoms with Crippen LogP contribution >= 0.6 is 0 Å². The highest BCUT2D eigenvalue weighted by Crippen LogP contribution is 2.32. The first-order valence-electron chi connectivity index (χ1n) is 8.40. The van der Waals surface area contributed by atoms with Gasteiger partial charge in [0.2, 0.25) is 10.0 Å². The molecule has 2 rings (SSSR count). The van der Waals surface area contributed by atoms with Gasteiger partial charge in [0.05, 0.1) is 4.90 Å². The van der Waals surface area contributed by atoms with Gasteiger partial charge in [-0.25, -0.2) is 8.42 Å². The number of amides is 1. The van der Waals surface area contributed by atoms with Crippen LogP contribution in [0.25, 0.3) is 0 Å². The Balaban J connectivity index is 2.14. The maximum atomic E-state index is 12.7. The SMILES string of the molecule is CC(C)[C@H](NS(=O)(=O)c1ccc2c(c1)OCCO2)C(=O)OCC(=O)N(C)C. The first-order chi connectivity index (χ1) is 12.6. The summed E-state index contributed by atoms with van der Waals surface area (Å²) in [6.07, 6.45) is 0. The number of nitrogens with one attached hydrogen (secondary N) is 1. The summed E-state index contributed by atoms with van der Waals surface area (Å²) in [4.78, 5) is 25.1. The van der Waals surface area contributed by atoms with Gasteiger partial charge in [-0.1, -0.05) is 13.8 Å². The van der Waals surface area contributed by atoms with Crippen LogP contribution in [-0.4, -0.2) is 65.2 Å². The van der Waals surface area contributed by atoms with E-state index >= 15 is 0 Å². The minimum Gasteiger partial charge on any atom is -0.486 e. The summed E-state index contributed by atoms with van der Waals surface area (Å²) >= 11 is 0. The molecule has 0 radical (unpaired) electrons. The molecule has 0 aromatic heterocycles. The fraction of sp³-hybridized carbons (Fsp3) is 0.529. The Hall–Kier alpha value is -2.33. The van der Waals surface area contributed by atoms with Gasteiger partial charge in [0.25, 0.3) is 5.91 Å². The summed E-state index contributed by atoms with van der Waals surface area (Å²) in [5, 5.41) is 0. The normalized spacial score (nSPS) is 14.6. The molecule has 1 aromatic carbocycles. The molecule has 0 saturated carbocycles. The Labute approximate surface area is 158 Å². The molecular formula is C17H24N2O7S. The lowest BCUT2D eigenvalue weighted by molar-refractivity contribution is -0.153. The smallest absolute Gasteiger partial charge is 0.324 e. The van der Waals surface area contributed by atoms with Gasteiger partial charge < -0.3 is 19.1 Å². The van der Waals surface area contributed by atoms with E-state index in [1.807, 2.05) is 0 Å². The second kappa shape index (κ2) is 8.57. The predicted octanol–water partition coefficient (Wildman–Crippen LogP) is 0.392. The molecule has 150 valence electrons. The maximum Gasteiger partial charge on any atom is 0.324 e. The van der Waals surface area contributed by atoms with Crippen LogP contribution in [0.15, 0.2) is 23.1 Å². The summed E-state index contributed by atoms with van der Waals surface area (Å²) in [6, 6.07) is 3.07. The Morgan fingerprint density at radius 2 is 1.81 bits per heavy atom. The average Bonchev–Trinajstić information content (AvgIpc) is 2.63. The van der Waals surface area contributed by atoms with Gasteiger partial charge in [-0.15, -0.1) is 0 Å². The number of hydrogen-bond donors (Lipinski definition) is 1. The van der Waals surface area contributed by atoms with Gasteiger partial charge >= 0.3 is 5.97 Å². The van der Waals surface area contributed by atoms with Crippen LogP contribution in [-0.2, 0) is 24.3 Å². The molecule has 27 heavy (non-hydrogen) atoms. The minimum absolute atomic E-state index is 0.0606. The molecule has 1 aliphatic heterocycles. The second-order valence-corrected chi connectivity index (χ2v) is 8.26. The predicted molar refractivity (Wildman–Crippen MR) is 96.0 cm³/mol. The van der Waals surface area contributed by atoms with Crippen molar-refractivity contribution in [3.63, 3.8) is 0 Å². The molecule has 1 heterocycles. The van der Waals surface area contributed by atoms with Crippen LogP contribution in [0.2, 0.25) is 0 Å². The first kappa shape index (κ1) is 21.0. The molecule has 0 spiro atoms. The van der Waals surface area contributed by atoms with Gasteiger partial charge in [-0.2, -0.15) is 4.72 Å². The van der Waals surface area contributed by atoms with E-state index < -0.39 is 34.5 Å². The lowest BCUT2D eigenvalue weighted by Crippen LogP contribution is -2.46. The van der Waals surface area contributed by atoms with Crippen molar-refractivity contribution in [2.75, 3.05) is 33.9 Å². The molecule has 1 atom stereocenters. The monoisotopic (exact) mass is 400 g/mol. The van der Waals surface area contributed by atoms with Gasteiger partial charge in [0.15, 0.2) is 18.1 Å². The Morgan fingerprint density at radius 3 is 2.41 bits per heavy atom. The number of fused-ring (bicyclic) bond motifs is 1. The first-order valence-corrected chi connectivity index (χ1v) is 9.89. The topological polar surface area (TPSA) is 111 Å². The molecule has 0 unspecified atom stereocenters. The van der Waals surface area contributed by atoms with Crippen molar-refractivity contribution in [2.45, 2.75) is 24.8 Å². The highest BCUT2D eigenvalue weighted by Gasteiger charge is 2.31. The number of rotatable bonds is 7. The summed E-state index contributed by atoms with van der Waals surface area (Å²) in [7, 11) is -0.963. The van der Waals surface area contributed by atoms with Gasteiger partial charge in [-0.3, -0.25) is 9.59 Å². The number of nitrogens with zero attached hydrogens (tertiary/aromatic N) is 1. The number of sulfonamides is 1. The molecule has 1 aromatic rings. The molecule has 1 amide bonds. The van der Waals surface area contributed by atoms with E-state index in [-0.39, 0.29) is 10.8 Å². The third kappa shape index (κ3) is 5.33. The molecule has 1 N–H and O–H groups in total. The Morgan fingerprint density at radius 1 is 1.19 bits per heavy atom. The van der Waals surface area contributed by atoms with Crippen molar-refractivity contribution in [1.29, 1.82) is 0 Å². The highest BCUT2D eigenvalue weighted by atomic mass is 32.2. The van der Waals surface area contributed by atoms with Crippen molar-refractivity contribution < 1.29 is 32.2 Å². The summed E-state index contributed by atoms with van der Waals surface area (Å²) in [5.74, 6) is -0.826. The quantitative estimate of drug-likeness (QED) is 0.659. The van der Waals surface area contributed by atoms with Crippen LogP contribution < -0.4 is 14.2 Å². The molecule has 0 saturated heterocycles. The van der Waals surface area contributed by atoms with Crippen molar-refractivity contribution in [3.8, 4) is 11.5 Å². The number of likely N-dealkylation sites (N-methyl/N-ethyl adjacent to an activating group) is 1. The third-order valence-corrected chi connectivity index (χ3v) is 5.30. The van der Waals surface area contributed by atoms with Crippen LogP contribution in [0.3, 0.4) is 0 Å². The molecule has 1 aliphatic rings. The minimum atomic E-state index is -4.02. The highest BCUT2D eigenvalue weighted by molar-refractivity contribution is 7.89. The second-order valence-electron chi connectivity index (χ2n) is 6.54. The van der Waals surface area contributed by atoms with E-state index in [9.17, 15) is 18.0 Å². The number of carbonyl (C=O) groups excluding carboxylic acids is 2. The average molecular weight is 400 g/mol. The van der Waals surface area contributed by atoms with E-state index in [1.54, 1.807) is 13.8 Å². The van der Waals surface area contributed by atoms with E-state index in [0.717, 1.165) is 0 Å². The van der Waals surface area contributed by atoms with Crippen molar-refractivity contribution in [1.82, 2.24) is 9.62 Å². The van der Waals surface area contributed by atoms with Gasteiger partial charge in [0.1, 0.15) is 19.3 Å². The van der Waals surface area contributed by atoms with Crippen molar-refractivity contribution in [3.05, 3.63) is 18.2 Å². The Kier molecular flexibility index (Phi) is 6.66. The summed E-state index contributed by atoms with van der Waals surface area (Å²) in [6.45, 7) is 3.61. The zero-order chi connectivity index (χ0) is 20.2. The standard InChI is InChI=1S/C17H24N2O7S/c1-11(2)16(17(21)26-10-15(20)19(3)4)18-27(22,23)12-5-6-13-14(9-12)25-8-7-24-13/h5-6,9,11,16,18H,7-8,10H2,1-4H3/t16-/m0/s1. The lowest BCUT2D eigenvalue weighted by atomic mass is 10.1. The van der Waals surface area contributed by atoms with Crippen LogP contribution in [0.5, 0.6) is 11.5 Å². The Bertz CT molecular complexity index is 805. The van der Waals surface area contributed by atoms with Gasteiger partial charge in [0, 0.05) is 20.2 Å². The van der Waals surface area contributed by atoms with Crippen LogP contribution in [0.4, 0.5) is 0 Å². The fourth-order valence-corrected chi connectivity index (χ4v) is 3.58. The molecular weight excluding hydrogens is 376 g/mol. The number of esters is 1. The van der Waals surface area contributed by atoms with Crippen molar-refractivity contribution in [2.24, 2.45) is 5.92 Å². The zero-order valence-electron chi connectivity index (χ0n) is 15.7. The van der Waals surface area contributed by atoms with Crippen molar-refractivity contribution >= 4 is 21.9 Å². The van der Waals surface area contributed by atoms with Crippen LogP contribution in [0, 0.1) is 5.92 Å². The van der Waals surface area contributed by atoms with E-state index in [1.165, 1.54) is 37.2 Å². The molecule has 0 fully saturated rings. The van der Waals surface area contributed by atoms with E-state index in [0.29, 0.717) is 24.7 Å². The fourth-order valence-electron chi connectivity index (χ4n) is 2.23. The van der Waals surface area contributed by atoms with Crippen LogP contribution in [0.1, 0.15) is 13.8 Å². The molecule has 10 heteroatoms. The number of carbonyl (C=O) groups is 2. The molecule has 0 aliphatic carbocycles. The molecule has 9 nitrogen and oxygen atoms in total. The number of ether oxygens (including phenoxy) is 3. The summed E-state index contributed by atoms with van der Waals surface area (Å²) in [5.41, 5.74) is 0. The van der Waals surface area contributed by atoms with E-state index in [2.05, 4.69) is 4.72 Å². The van der Waals surface area contributed by atoms with Gasteiger partial charge in [-0.05, 0) is 18.1 Å². The number of hydrogen-bond acceptors (Lipinski definition) is 7. The maximum absolute atomic E-state index is 12.7. The van der Waals surface area contributed by atoms with E-state index in [4.69, 9.17) is 14.2 Å². The third-order valence-electron chi connectivity index (χ3n) is 3.86. The summed E-state index contributed by atoms with van der Waals surface area (Å²) < 4.78 is 43.5. The molecule has 0 bridgehead atoms. The lowest BCUT2D eigenvalue weighted by Gasteiger charge is -2.22.